The smallest absolute Gasteiger partial charge is 0.275 e. The summed E-state index contributed by atoms with van der Waals surface area (Å²) >= 11 is 1.58. The van der Waals surface area contributed by atoms with Crippen LogP contribution in [0.1, 0.15) is 13.3 Å². The Morgan fingerprint density at radius 3 is 2.45 bits per heavy atom. The molecule has 1 aromatic carbocycles. The Hall–Kier alpha value is -1.82. The first-order valence-corrected chi connectivity index (χ1v) is 7.69. The number of imide groups is 2. The highest BCUT2D eigenvalue weighted by molar-refractivity contribution is 7.98. The normalized spacial score (nSPS) is 18.8. The molecule has 106 valence electrons. The molecule has 0 N–H and O–H groups in total. The fourth-order valence-electron chi connectivity index (χ4n) is 2.25. The minimum Gasteiger partial charge on any atom is -0.275 e. The van der Waals surface area contributed by atoms with E-state index < -0.39 is 18.0 Å². The molecule has 0 saturated carbocycles. The molecule has 0 spiro atoms. The van der Waals surface area contributed by atoms with Gasteiger partial charge in [0.2, 0.25) is 5.91 Å². The molecular weight excluding hydrogens is 276 g/mol. The second kappa shape index (κ2) is 6.09. The third-order valence-electron chi connectivity index (χ3n) is 3.16. The van der Waals surface area contributed by atoms with Gasteiger partial charge in [-0.3, -0.25) is 14.5 Å². The molecule has 6 heteroatoms. The summed E-state index contributed by atoms with van der Waals surface area (Å²) in [5.74, 6) is -0.00542. The van der Waals surface area contributed by atoms with Crippen molar-refractivity contribution in [3.8, 4) is 0 Å². The van der Waals surface area contributed by atoms with Gasteiger partial charge in [-0.1, -0.05) is 18.2 Å². The summed E-state index contributed by atoms with van der Waals surface area (Å²) in [7, 11) is 0. The molecule has 0 bridgehead atoms. The minimum atomic E-state index is -0.687. The number of rotatable bonds is 4. The molecule has 0 unspecified atom stereocenters. The van der Waals surface area contributed by atoms with Crippen molar-refractivity contribution >= 4 is 35.3 Å². The summed E-state index contributed by atoms with van der Waals surface area (Å²) in [4.78, 5) is 38.6. The SMILES string of the molecule is CSCC[C@H]1C(=O)N(c2ccccc2)C(=O)N1C(C)=O. The molecule has 1 heterocycles. The zero-order valence-corrected chi connectivity index (χ0v) is 12.2. The third-order valence-corrected chi connectivity index (χ3v) is 3.81. The number of urea groups is 1. The summed E-state index contributed by atoms with van der Waals surface area (Å²) < 4.78 is 0. The number of hydrogen-bond donors (Lipinski definition) is 0. The van der Waals surface area contributed by atoms with Crippen LogP contribution in [-0.2, 0) is 9.59 Å². The fourth-order valence-corrected chi connectivity index (χ4v) is 2.70. The summed E-state index contributed by atoms with van der Waals surface area (Å²) in [5, 5.41) is 0. The molecule has 1 saturated heterocycles. The summed E-state index contributed by atoms with van der Waals surface area (Å²) in [5.41, 5.74) is 0.500. The Bertz CT molecular complexity index is 532. The van der Waals surface area contributed by atoms with E-state index >= 15 is 0 Å². The van der Waals surface area contributed by atoms with E-state index in [1.807, 2.05) is 12.3 Å². The van der Waals surface area contributed by atoms with Gasteiger partial charge in [0, 0.05) is 6.92 Å². The van der Waals surface area contributed by atoms with E-state index in [4.69, 9.17) is 0 Å². The van der Waals surface area contributed by atoms with Crippen molar-refractivity contribution in [3.63, 3.8) is 0 Å². The molecule has 0 radical (unpaired) electrons. The number of thioether (sulfide) groups is 1. The zero-order chi connectivity index (χ0) is 14.7. The van der Waals surface area contributed by atoms with Crippen molar-refractivity contribution in [1.29, 1.82) is 0 Å². The van der Waals surface area contributed by atoms with E-state index in [0.29, 0.717) is 12.1 Å². The molecule has 1 aliphatic rings. The van der Waals surface area contributed by atoms with Crippen LogP contribution >= 0.6 is 11.8 Å². The van der Waals surface area contributed by atoms with Gasteiger partial charge < -0.3 is 0 Å². The van der Waals surface area contributed by atoms with Crippen molar-refractivity contribution in [2.75, 3.05) is 16.9 Å². The Labute approximate surface area is 121 Å². The van der Waals surface area contributed by atoms with Crippen molar-refractivity contribution in [3.05, 3.63) is 30.3 Å². The lowest BCUT2D eigenvalue weighted by Crippen LogP contribution is -2.39. The molecule has 1 fully saturated rings. The number of carbonyl (C=O) groups excluding carboxylic acids is 3. The van der Waals surface area contributed by atoms with Crippen LogP contribution in [0.5, 0.6) is 0 Å². The maximum absolute atomic E-state index is 12.4. The van der Waals surface area contributed by atoms with Gasteiger partial charge in [0.25, 0.3) is 5.91 Å². The second-order valence-electron chi connectivity index (χ2n) is 4.48. The van der Waals surface area contributed by atoms with Crippen molar-refractivity contribution < 1.29 is 14.4 Å². The molecule has 1 aromatic rings. The topological polar surface area (TPSA) is 57.7 Å². The molecule has 4 amide bonds. The molecule has 1 aliphatic heterocycles. The van der Waals surface area contributed by atoms with E-state index in [-0.39, 0.29) is 5.91 Å². The summed E-state index contributed by atoms with van der Waals surface area (Å²) in [6.07, 6.45) is 2.41. The maximum Gasteiger partial charge on any atom is 0.338 e. The molecule has 2 rings (SSSR count). The van der Waals surface area contributed by atoms with Crippen molar-refractivity contribution in [2.24, 2.45) is 0 Å². The number of amides is 4. The lowest BCUT2D eigenvalue weighted by Gasteiger charge is -2.17. The van der Waals surface area contributed by atoms with Gasteiger partial charge in [-0.2, -0.15) is 11.8 Å². The predicted octanol–water partition coefficient (Wildman–Crippen LogP) is 2.12. The molecule has 0 aromatic heterocycles. The number of para-hydroxylation sites is 1. The summed E-state index contributed by atoms with van der Waals surface area (Å²) in [6.45, 7) is 1.31. The highest BCUT2D eigenvalue weighted by Crippen LogP contribution is 2.27. The standard InChI is InChI=1S/C14H16N2O3S/c1-10(17)15-12(8-9-20-2)13(18)16(14(15)19)11-6-4-3-5-7-11/h3-7,12H,8-9H2,1-2H3/t12-/m0/s1. The van der Waals surface area contributed by atoms with Gasteiger partial charge in [0.1, 0.15) is 6.04 Å². The largest absolute Gasteiger partial charge is 0.338 e. The quantitative estimate of drug-likeness (QED) is 0.798. The molecular formula is C14H16N2O3S. The van der Waals surface area contributed by atoms with Crippen LogP contribution in [-0.4, -0.2) is 40.8 Å². The zero-order valence-electron chi connectivity index (χ0n) is 11.4. The highest BCUT2D eigenvalue weighted by Gasteiger charge is 2.47. The highest BCUT2D eigenvalue weighted by atomic mass is 32.2. The van der Waals surface area contributed by atoms with Crippen LogP contribution in [0.2, 0.25) is 0 Å². The number of carbonyl (C=O) groups is 3. The average molecular weight is 292 g/mol. The number of benzene rings is 1. The van der Waals surface area contributed by atoms with Gasteiger partial charge >= 0.3 is 6.03 Å². The fraction of sp³-hybridized carbons (Fsp3) is 0.357. The van der Waals surface area contributed by atoms with E-state index in [9.17, 15) is 14.4 Å². The molecule has 1 atom stereocenters. The number of hydrogen-bond acceptors (Lipinski definition) is 4. The van der Waals surface area contributed by atoms with E-state index in [1.54, 1.807) is 36.0 Å². The van der Waals surface area contributed by atoms with Crippen LogP contribution in [0.3, 0.4) is 0 Å². The Morgan fingerprint density at radius 1 is 1.25 bits per heavy atom. The predicted molar refractivity (Wildman–Crippen MR) is 78.6 cm³/mol. The van der Waals surface area contributed by atoms with Crippen LogP contribution in [0, 0.1) is 0 Å². The van der Waals surface area contributed by atoms with Gasteiger partial charge in [0.15, 0.2) is 0 Å². The first kappa shape index (κ1) is 14.6. The van der Waals surface area contributed by atoms with E-state index in [1.165, 1.54) is 6.92 Å². The van der Waals surface area contributed by atoms with Crippen LogP contribution in [0.15, 0.2) is 30.3 Å². The Morgan fingerprint density at radius 2 is 1.90 bits per heavy atom. The van der Waals surface area contributed by atoms with E-state index in [0.717, 1.165) is 15.6 Å². The first-order chi connectivity index (χ1) is 9.57. The van der Waals surface area contributed by atoms with Gasteiger partial charge in [-0.15, -0.1) is 0 Å². The van der Waals surface area contributed by atoms with Crippen LogP contribution < -0.4 is 4.90 Å². The second-order valence-corrected chi connectivity index (χ2v) is 5.46. The lowest BCUT2D eigenvalue weighted by molar-refractivity contribution is -0.131. The third kappa shape index (κ3) is 2.56. The van der Waals surface area contributed by atoms with Crippen molar-refractivity contribution in [2.45, 2.75) is 19.4 Å². The molecule has 0 aliphatic carbocycles. The van der Waals surface area contributed by atoms with Crippen LogP contribution in [0.4, 0.5) is 10.5 Å². The number of anilines is 1. The van der Waals surface area contributed by atoms with Gasteiger partial charge in [-0.05, 0) is 30.6 Å². The van der Waals surface area contributed by atoms with Crippen molar-refractivity contribution in [1.82, 2.24) is 4.90 Å². The van der Waals surface area contributed by atoms with Gasteiger partial charge in [0.05, 0.1) is 5.69 Å². The van der Waals surface area contributed by atoms with E-state index in [2.05, 4.69) is 0 Å². The minimum absolute atomic E-state index is 0.328. The first-order valence-electron chi connectivity index (χ1n) is 6.29. The number of nitrogens with zero attached hydrogens (tertiary/aromatic N) is 2. The average Bonchev–Trinajstić information content (AvgIpc) is 2.68. The maximum atomic E-state index is 12.4. The Balaban J connectivity index is 2.34. The van der Waals surface area contributed by atoms with Crippen LogP contribution in [0.25, 0.3) is 0 Å². The molecule has 5 nitrogen and oxygen atoms in total. The lowest BCUT2D eigenvalue weighted by atomic mass is 10.2. The summed E-state index contributed by atoms with van der Waals surface area (Å²) in [6, 6.07) is 7.44. The Kier molecular flexibility index (Phi) is 4.44. The monoisotopic (exact) mass is 292 g/mol. The molecule has 20 heavy (non-hydrogen) atoms. The van der Waals surface area contributed by atoms with Gasteiger partial charge in [-0.25, -0.2) is 9.69 Å².